The second-order valence-corrected chi connectivity index (χ2v) is 9.39. The van der Waals surface area contributed by atoms with Gasteiger partial charge in [-0.25, -0.2) is 0 Å². The minimum absolute atomic E-state index is 0.0694. The summed E-state index contributed by atoms with van der Waals surface area (Å²) in [7, 11) is 1.73. The summed E-state index contributed by atoms with van der Waals surface area (Å²) in [4.78, 5) is 0. The third kappa shape index (κ3) is 4.57. The minimum atomic E-state index is -0.100. The van der Waals surface area contributed by atoms with E-state index in [1.165, 1.54) is 48.9 Å². The first-order valence-electron chi connectivity index (χ1n) is 11.4. The summed E-state index contributed by atoms with van der Waals surface area (Å²) < 4.78 is 12.0. The van der Waals surface area contributed by atoms with E-state index < -0.39 is 0 Å². The van der Waals surface area contributed by atoms with E-state index in [1.807, 2.05) is 12.1 Å². The van der Waals surface area contributed by atoms with Crippen molar-refractivity contribution in [3.05, 3.63) is 54.1 Å². The summed E-state index contributed by atoms with van der Waals surface area (Å²) in [5.74, 6) is 1.62. The normalized spacial score (nSPS) is 19.4. The van der Waals surface area contributed by atoms with E-state index in [2.05, 4.69) is 62.5 Å². The molecule has 2 aromatic rings. The van der Waals surface area contributed by atoms with Crippen LogP contribution < -0.4 is 10.1 Å². The van der Waals surface area contributed by atoms with Crippen molar-refractivity contribution in [2.24, 2.45) is 5.92 Å². The molecule has 2 aliphatic rings. The van der Waals surface area contributed by atoms with Gasteiger partial charge in [-0.05, 0) is 68.9 Å². The molecule has 0 radical (unpaired) electrons. The Hall–Kier alpha value is -2.26. The Labute approximate surface area is 181 Å². The Morgan fingerprint density at radius 3 is 2.57 bits per heavy atom. The van der Waals surface area contributed by atoms with Crippen LogP contribution in [0.25, 0.3) is 16.7 Å². The summed E-state index contributed by atoms with van der Waals surface area (Å²) in [5, 5.41) is 3.67. The van der Waals surface area contributed by atoms with E-state index in [0.29, 0.717) is 0 Å². The molecule has 3 nitrogen and oxygen atoms in total. The van der Waals surface area contributed by atoms with Crippen molar-refractivity contribution >= 4 is 11.3 Å². The van der Waals surface area contributed by atoms with Crippen LogP contribution in [-0.4, -0.2) is 25.4 Å². The van der Waals surface area contributed by atoms with E-state index in [4.69, 9.17) is 9.47 Å². The fraction of sp³-hybridized carbons (Fsp3) is 0.481. The lowest BCUT2D eigenvalue weighted by Crippen LogP contribution is -2.34. The van der Waals surface area contributed by atoms with Gasteiger partial charge in [0, 0.05) is 16.8 Å². The average molecular weight is 406 g/mol. The Bertz CT molecular complexity index is 909. The first-order valence-corrected chi connectivity index (χ1v) is 11.4. The molecule has 1 unspecified atom stereocenters. The predicted octanol–water partition coefficient (Wildman–Crippen LogP) is 6.94. The molecule has 1 atom stereocenters. The first-order chi connectivity index (χ1) is 14.5. The maximum atomic E-state index is 6.44. The Morgan fingerprint density at radius 1 is 1.03 bits per heavy atom. The molecular formula is C27H35NO2. The molecule has 1 aliphatic heterocycles. The number of methoxy groups -OCH3 is 1. The number of rotatable bonds is 6. The van der Waals surface area contributed by atoms with Gasteiger partial charge >= 0.3 is 0 Å². The van der Waals surface area contributed by atoms with Crippen LogP contribution in [0.2, 0.25) is 0 Å². The summed E-state index contributed by atoms with van der Waals surface area (Å²) >= 11 is 0. The maximum Gasteiger partial charge on any atom is 0.126 e. The molecule has 3 heteroatoms. The van der Waals surface area contributed by atoms with E-state index in [9.17, 15) is 0 Å². The molecule has 4 rings (SSSR count). The van der Waals surface area contributed by atoms with Crippen molar-refractivity contribution in [1.82, 2.24) is 0 Å². The molecule has 0 bridgehead atoms. The second-order valence-electron chi connectivity index (χ2n) is 9.39. The number of hydrogen-bond acceptors (Lipinski definition) is 3. The van der Waals surface area contributed by atoms with Gasteiger partial charge in [-0.15, -0.1) is 0 Å². The van der Waals surface area contributed by atoms with Gasteiger partial charge < -0.3 is 14.8 Å². The molecule has 1 fully saturated rings. The van der Waals surface area contributed by atoms with Crippen LogP contribution in [0.1, 0.15) is 58.4 Å². The molecule has 1 N–H and O–H groups in total. The van der Waals surface area contributed by atoms with Gasteiger partial charge in [-0.3, -0.25) is 0 Å². The number of para-hydroxylation sites is 1. The smallest absolute Gasteiger partial charge is 0.126 e. The fourth-order valence-electron chi connectivity index (χ4n) is 4.85. The molecule has 2 aromatic carbocycles. The maximum absolute atomic E-state index is 6.44. The van der Waals surface area contributed by atoms with Crippen LogP contribution in [-0.2, 0) is 4.74 Å². The van der Waals surface area contributed by atoms with Gasteiger partial charge in [0.05, 0.1) is 25.4 Å². The monoisotopic (exact) mass is 405 g/mol. The number of anilines is 1. The van der Waals surface area contributed by atoms with Crippen molar-refractivity contribution in [3.8, 4) is 16.9 Å². The van der Waals surface area contributed by atoms with Gasteiger partial charge in [0.2, 0.25) is 0 Å². The Morgan fingerprint density at radius 2 is 1.80 bits per heavy atom. The summed E-state index contributed by atoms with van der Waals surface area (Å²) in [6.45, 7) is 7.51. The zero-order chi connectivity index (χ0) is 21.1. The number of fused-ring (bicyclic) bond motifs is 1. The van der Waals surface area contributed by atoms with Gasteiger partial charge in [0.1, 0.15) is 5.75 Å². The molecule has 1 heterocycles. The molecule has 1 aliphatic carbocycles. The second kappa shape index (κ2) is 8.85. The highest BCUT2D eigenvalue weighted by Crippen LogP contribution is 2.40. The van der Waals surface area contributed by atoms with Gasteiger partial charge in [-0.2, -0.15) is 0 Å². The zero-order valence-corrected chi connectivity index (χ0v) is 18.8. The molecule has 0 saturated heterocycles. The lowest BCUT2D eigenvalue weighted by Gasteiger charge is -2.35. The largest absolute Gasteiger partial charge is 0.496 e. The average Bonchev–Trinajstić information content (AvgIpc) is 2.76. The van der Waals surface area contributed by atoms with Crippen LogP contribution in [0.4, 0.5) is 5.69 Å². The van der Waals surface area contributed by atoms with Crippen molar-refractivity contribution < 1.29 is 9.47 Å². The standard InChI is InChI=1S/C27H35NO2/c1-19(30-18-20-10-6-5-7-11-20)24-17-27(2,3)28-25-15-14-21(16-23(24)25)22-12-8-9-13-26(22)29-4/h8-9,12-17,19-20,28H,5-7,10-11,18H2,1-4H3. The van der Waals surface area contributed by atoms with Gasteiger partial charge in [0.15, 0.2) is 0 Å². The number of ether oxygens (including phenoxy) is 2. The van der Waals surface area contributed by atoms with Crippen molar-refractivity contribution in [3.63, 3.8) is 0 Å². The van der Waals surface area contributed by atoms with E-state index in [-0.39, 0.29) is 11.6 Å². The third-order valence-corrected chi connectivity index (χ3v) is 6.47. The number of benzene rings is 2. The quantitative estimate of drug-likeness (QED) is 0.565. The van der Waals surface area contributed by atoms with Gasteiger partial charge in [0.25, 0.3) is 0 Å². The number of nitrogens with one attached hydrogen (secondary N) is 1. The molecule has 0 amide bonds. The van der Waals surface area contributed by atoms with Crippen molar-refractivity contribution in [2.75, 3.05) is 19.0 Å². The van der Waals surface area contributed by atoms with Crippen LogP contribution >= 0.6 is 0 Å². The molecule has 0 aromatic heterocycles. The molecule has 1 saturated carbocycles. The molecular weight excluding hydrogens is 370 g/mol. The third-order valence-electron chi connectivity index (χ3n) is 6.47. The van der Waals surface area contributed by atoms with E-state index in [0.717, 1.165) is 29.4 Å². The summed E-state index contributed by atoms with van der Waals surface area (Å²) in [5.41, 5.74) is 5.86. The minimum Gasteiger partial charge on any atom is -0.496 e. The Balaban J connectivity index is 1.63. The number of hydrogen-bond donors (Lipinski definition) is 1. The molecule has 0 spiro atoms. The lowest BCUT2D eigenvalue weighted by molar-refractivity contribution is 0.0608. The zero-order valence-electron chi connectivity index (χ0n) is 18.8. The van der Waals surface area contributed by atoms with Crippen LogP contribution in [0.5, 0.6) is 5.75 Å². The highest BCUT2D eigenvalue weighted by molar-refractivity contribution is 5.86. The van der Waals surface area contributed by atoms with Crippen molar-refractivity contribution in [2.45, 2.75) is 64.5 Å². The van der Waals surface area contributed by atoms with E-state index in [1.54, 1.807) is 7.11 Å². The Kier molecular flexibility index (Phi) is 6.19. The highest BCUT2D eigenvalue weighted by Gasteiger charge is 2.28. The summed E-state index contributed by atoms with van der Waals surface area (Å²) in [6, 6.07) is 14.9. The van der Waals surface area contributed by atoms with Crippen LogP contribution in [0.15, 0.2) is 48.5 Å². The van der Waals surface area contributed by atoms with Gasteiger partial charge in [-0.1, -0.05) is 49.6 Å². The van der Waals surface area contributed by atoms with E-state index >= 15 is 0 Å². The molecule has 160 valence electrons. The topological polar surface area (TPSA) is 30.5 Å². The lowest BCUT2D eigenvalue weighted by atomic mass is 9.86. The van der Waals surface area contributed by atoms with Crippen LogP contribution in [0, 0.1) is 5.92 Å². The van der Waals surface area contributed by atoms with Crippen molar-refractivity contribution in [1.29, 1.82) is 0 Å². The summed E-state index contributed by atoms with van der Waals surface area (Å²) in [6.07, 6.45) is 9.13. The van der Waals surface area contributed by atoms with Crippen LogP contribution in [0.3, 0.4) is 0 Å². The fourth-order valence-corrected chi connectivity index (χ4v) is 4.85. The predicted molar refractivity (Wildman–Crippen MR) is 126 cm³/mol. The SMILES string of the molecule is COc1ccccc1-c1ccc2c(c1)C(C(C)OCC1CCCCC1)=CC(C)(C)N2. The first kappa shape index (κ1) is 21.0. The highest BCUT2D eigenvalue weighted by atomic mass is 16.5. The molecule has 30 heavy (non-hydrogen) atoms.